The standard InChI is InChI=1S/2C18H16N2O.2ClH.Zn/c2*1-20(2)14-8-7-12-10-16-18(11-13(12)9-14)21-17-6-4-3-5-15(17)19-16;;;/h2*3-11,19H,1-2H3;2*1H;/q;;;;+2/p-2. The molecule has 0 unspecified atom stereocenters. The van der Waals surface area contributed by atoms with Crippen molar-refractivity contribution in [3.8, 4) is 23.0 Å². The van der Waals surface area contributed by atoms with Crippen molar-refractivity contribution in [1.29, 1.82) is 0 Å². The molecule has 224 valence electrons. The van der Waals surface area contributed by atoms with Crippen LogP contribution in [0.1, 0.15) is 0 Å². The van der Waals surface area contributed by atoms with Crippen LogP contribution in [-0.2, 0) is 15.1 Å². The van der Waals surface area contributed by atoms with E-state index >= 15 is 0 Å². The first-order chi connectivity index (χ1) is 21.8. The molecule has 6 aromatic carbocycles. The summed E-state index contributed by atoms with van der Waals surface area (Å²) in [5.74, 6) is 3.48. The molecular weight excluding hydrogens is 657 g/mol. The number of nitrogens with one attached hydrogen (secondary N) is 2. The molecule has 0 bridgehead atoms. The number of fused-ring (bicyclic) bond motifs is 6. The van der Waals surface area contributed by atoms with Crippen LogP contribution in [0, 0.1) is 0 Å². The summed E-state index contributed by atoms with van der Waals surface area (Å²) in [6.45, 7) is 0. The van der Waals surface area contributed by atoms with Crippen LogP contribution in [0.4, 0.5) is 34.1 Å². The Morgan fingerprint density at radius 3 is 1.27 bits per heavy atom. The molecule has 8 rings (SSSR count). The van der Waals surface area contributed by atoms with Gasteiger partial charge in [0.1, 0.15) is 0 Å². The molecule has 45 heavy (non-hydrogen) atoms. The number of rotatable bonds is 2. The summed E-state index contributed by atoms with van der Waals surface area (Å²) < 4.78 is 12.0. The van der Waals surface area contributed by atoms with Crippen LogP contribution in [0.3, 0.4) is 0 Å². The van der Waals surface area contributed by atoms with Gasteiger partial charge in [0.2, 0.25) is 0 Å². The first-order valence-electron chi connectivity index (χ1n) is 14.5. The third-order valence-corrected chi connectivity index (χ3v) is 7.63. The fraction of sp³-hybridized carbons (Fsp3) is 0.111. The van der Waals surface area contributed by atoms with Crippen LogP contribution in [-0.4, -0.2) is 28.2 Å². The van der Waals surface area contributed by atoms with Crippen molar-refractivity contribution < 1.29 is 24.6 Å². The third kappa shape index (κ3) is 6.76. The second-order valence-corrected chi connectivity index (χ2v) is 15.7. The Kier molecular flexibility index (Phi) is 9.22. The van der Waals surface area contributed by atoms with E-state index in [4.69, 9.17) is 28.9 Å². The average molecular weight is 689 g/mol. The third-order valence-electron chi connectivity index (χ3n) is 7.63. The molecule has 2 N–H and O–H groups in total. The first kappa shape index (κ1) is 30.9. The van der Waals surface area contributed by atoms with E-state index in [-0.39, 0.29) is 0 Å². The maximum absolute atomic E-state index is 6.01. The second-order valence-electron chi connectivity index (χ2n) is 11.1. The van der Waals surface area contributed by atoms with Crippen molar-refractivity contribution in [1.82, 2.24) is 0 Å². The zero-order chi connectivity index (χ0) is 31.5. The molecule has 0 aromatic heterocycles. The maximum atomic E-state index is 6.01. The van der Waals surface area contributed by atoms with E-state index in [0.29, 0.717) is 0 Å². The minimum atomic E-state index is -0.931. The number of benzene rings is 6. The van der Waals surface area contributed by atoms with E-state index in [1.54, 1.807) is 0 Å². The van der Waals surface area contributed by atoms with E-state index in [9.17, 15) is 0 Å². The van der Waals surface area contributed by atoms with Crippen LogP contribution >= 0.6 is 19.4 Å². The van der Waals surface area contributed by atoms with Gasteiger partial charge in [-0.15, -0.1) is 0 Å². The molecule has 6 aromatic rings. The number of hydrogen-bond acceptors (Lipinski definition) is 6. The zero-order valence-electron chi connectivity index (χ0n) is 25.6. The normalized spacial score (nSPS) is 11.5. The minimum absolute atomic E-state index is 0.869. The van der Waals surface area contributed by atoms with Gasteiger partial charge >= 0.3 is 34.5 Å². The Balaban J connectivity index is 0.000000146. The molecule has 0 atom stereocenters. The number of halogens is 2. The summed E-state index contributed by atoms with van der Waals surface area (Å²) in [6, 6.07) is 37.4. The molecular formula is C36H32Cl2N4O2Zn. The van der Waals surface area contributed by atoms with Crippen molar-refractivity contribution in [2.24, 2.45) is 0 Å². The summed E-state index contributed by atoms with van der Waals surface area (Å²) in [7, 11) is 18.1. The fourth-order valence-corrected chi connectivity index (χ4v) is 5.29. The second kappa shape index (κ2) is 13.5. The molecule has 9 heteroatoms. The molecule has 0 radical (unpaired) electrons. The Bertz CT molecular complexity index is 1860. The van der Waals surface area contributed by atoms with Gasteiger partial charge in [-0.25, -0.2) is 0 Å². The molecule has 0 amide bonds. The van der Waals surface area contributed by atoms with Crippen molar-refractivity contribution in [3.05, 3.63) is 109 Å². The van der Waals surface area contributed by atoms with Gasteiger partial charge < -0.3 is 29.9 Å². The Morgan fingerprint density at radius 1 is 0.467 bits per heavy atom. The summed E-state index contributed by atoms with van der Waals surface area (Å²) in [5.41, 5.74) is 6.42. The number of hydrogen-bond donors (Lipinski definition) is 2. The summed E-state index contributed by atoms with van der Waals surface area (Å²) in [6.07, 6.45) is 0. The van der Waals surface area contributed by atoms with Crippen LogP contribution in [0.15, 0.2) is 109 Å². The van der Waals surface area contributed by atoms with Gasteiger partial charge in [0.25, 0.3) is 0 Å². The van der Waals surface area contributed by atoms with E-state index in [1.165, 1.54) is 32.9 Å². The van der Waals surface area contributed by atoms with Gasteiger partial charge in [0, 0.05) is 39.6 Å². The fourth-order valence-electron chi connectivity index (χ4n) is 5.29. The van der Waals surface area contributed by atoms with E-state index in [1.807, 2.05) is 76.7 Å². The molecule has 0 aliphatic carbocycles. The molecule has 0 saturated heterocycles. The number of ether oxygens (including phenoxy) is 2. The Labute approximate surface area is 279 Å². The van der Waals surface area contributed by atoms with E-state index in [0.717, 1.165) is 45.7 Å². The number of para-hydroxylation sites is 4. The molecule has 0 fully saturated rings. The summed E-state index contributed by atoms with van der Waals surface area (Å²) >= 11 is -0.931. The number of nitrogens with zero attached hydrogens (tertiary/aromatic N) is 2. The van der Waals surface area contributed by atoms with Gasteiger partial charge in [-0.3, -0.25) is 0 Å². The predicted octanol–water partition coefficient (Wildman–Crippen LogP) is 10.9. The SMILES string of the molecule is CN(C)c1ccc2cc3c(cc2c1)Oc1ccccc1N3.CN(C)c1ccc2cc3c(cc2c1)Oc1ccccc1N3.[Cl][Zn][Cl]. The Morgan fingerprint density at radius 2 is 0.867 bits per heavy atom. The van der Waals surface area contributed by atoms with Crippen LogP contribution in [0.5, 0.6) is 23.0 Å². The molecule has 2 aliphatic heterocycles. The van der Waals surface area contributed by atoms with Crippen molar-refractivity contribution in [2.75, 3.05) is 48.6 Å². The summed E-state index contributed by atoms with van der Waals surface area (Å²) in [5, 5.41) is 11.6. The molecule has 0 saturated carbocycles. The van der Waals surface area contributed by atoms with E-state index < -0.39 is 15.1 Å². The molecule has 2 heterocycles. The van der Waals surface area contributed by atoms with E-state index in [2.05, 4.69) is 81.1 Å². The average Bonchev–Trinajstić information content (AvgIpc) is 3.04. The number of anilines is 6. The van der Waals surface area contributed by atoms with Gasteiger partial charge in [0.15, 0.2) is 23.0 Å². The quantitative estimate of drug-likeness (QED) is 0.176. The van der Waals surface area contributed by atoms with Crippen molar-refractivity contribution in [2.45, 2.75) is 0 Å². The Hall–Kier alpha value is -4.16. The van der Waals surface area contributed by atoms with Gasteiger partial charge in [0.05, 0.1) is 22.7 Å². The van der Waals surface area contributed by atoms with Gasteiger partial charge in [-0.05, 0) is 94.3 Å². The molecule has 2 aliphatic rings. The topological polar surface area (TPSA) is 49.0 Å². The van der Waals surface area contributed by atoms with Crippen LogP contribution in [0.25, 0.3) is 21.5 Å². The van der Waals surface area contributed by atoms with Crippen molar-refractivity contribution >= 4 is 75.1 Å². The van der Waals surface area contributed by atoms with Crippen molar-refractivity contribution in [3.63, 3.8) is 0 Å². The zero-order valence-corrected chi connectivity index (χ0v) is 30.0. The molecule has 6 nitrogen and oxygen atoms in total. The summed E-state index contributed by atoms with van der Waals surface area (Å²) in [4.78, 5) is 4.21. The first-order valence-corrected chi connectivity index (χ1v) is 22.3. The molecule has 0 spiro atoms. The monoisotopic (exact) mass is 686 g/mol. The van der Waals surface area contributed by atoms with Gasteiger partial charge in [-0.1, -0.05) is 36.4 Å². The van der Waals surface area contributed by atoms with Crippen LogP contribution < -0.4 is 29.9 Å². The van der Waals surface area contributed by atoms with Crippen LogP contribution in [0.2, 0.25) is 0 Å². The predicted molar refractivity (Wildman–Crippen MR) is 188 cm³/mol. The van der Waals surface area contributed by atoms with Gasteiger partial charge in [-0.2, -0.15) is 0 Å².